The van der Waals surface area contributed by atoms with Gasteiger partial charge in [0.25, 0.3) is 0 Å². The maximum Gasteiger partial charge on any atom is 0.416 e. The molecule has 0 fully saturated rings. The zero-order chi connectivity index (χ0) is 27.4. The van der Waals surface area contributed by atoms with Crippen molar-refractivity contribution in [1.82, 2.24) is 0 Å². The van der Waals surface area contributed by atoms with Crippen LogP contribution in [0.15, 0.2) is 65.6 Å². The third kappa shape index (κ3) is 5.83. The fourth-order valence-corrected chi connectivity index (χ4v) is 5.37. The minimum absolute atomic E-state index is 0.0749. The van der Waals surface area contributed by atoms with Crippen LogP contribution in [0.4, 0.5) is 24.5 Å². The van der Waals surface area contributed by atoms with Crippen LogP contribution >= 0.6 is 11.8 Å². The molecule has 38 heavy (non-hydrogen) atoms. The number of hydrogen-bond acceptors (Lipinski definition) is 6. The molecule has 0 spiro atoms. The number of methoxy groups -OCH3 is 3. The van der Waals surface area contributed by atoms with Gasteiger partial charge in [-0.05, 0) is 54.1 Å². The molecule has 0 aromatic heterocycles. The van der Waals surface area contributed by atoms with Gasteiger partial charge >= 0.3 is 6.18 Å². The van der Waals surface area contributed by atoms with E-state index in [0.717, 1.165) is 22.6 Å². The van der Waals surface area contributed by atoms with Crippen LogP contribution < -0.4 is 24.4 Å². The molecule has 4 rings (SSSR count). The van der Waals surface area contributed by atoms with Crippen LogP contribution in [-0.4, -0.2) is 39.7 Å². The summed E-state index contributed by atoms with van der Waals surface area (Å²) in [6, 6.07) is 14.9. The number of ether oxygens (including phenoxy) is 3. The van der Waals surface area contributed by atoms with E-state index in [2.05, 4.69) is 5.32 Å². The Morgan fingerprint density at radius 1 is 1.00 bits per heavy atom. The second kappa shape index (κ2) is 11.3. The van der Waals surface area contributed by atoms with Crippen molar-refractivity contribution in [3.8, 4) is 17.2 Å². The van der Waals surface area contributed by atoms with E-state index in [1.807, 2.05) is 12.1 Å². The van der Waals surface area contributed by atoms with Gasteiger partial charge in [0.2, 0.25) is 17.6 Å². The van der Waals surface area contributed by atoms with Gasteiger partial charge in [-0.1, -0.05) is 12.1 Å². The first-order chi connectivity index (χ1) is 18.1. The third-order valence-electron chi connectivity index (χ3n) is 5.94. The van der Waals surface area contributed by atoms with Crippen molar-refractivity contribution >= 4 is 35.0 Å². The van der Waals surface area contributed by atoms with Gasteiger partial charge in [-0.15, -0.1) is 11.8 Å². The topological polar surface area (TPSA) is 77.1 Å². The zero-order valence-corrected chi connectivity index (χ0v) is 21.6. The van der Waals surface area contributed by atoms with Crippen LogP contribution in [0.2, 0.25) is 0 Å². The van der Waals surface area contributed by atoms with Gasteiger partial charge in [-0.2, -0.15) is 13.2 Å². The van der Waals surface area contributed by atoms with Crippen molar-refractivity contribution in [3.05, 3.63) is 71.8 Å². The Bertz CT molecular complexity index is 1310. The van der Waals surface area contributed by atoms with Gasteiger partial charge in [0, 0.05) is 22.3 Å². The van der Waals surface area contributed by atoms with E-state index in [9.17, 15) is 22.8 Å². The van der Waals surface area contributed by atoms with Gasteiger partial charge < -0.3 is 24.4 Å². The lowest BCUT2D eigenvalue weighted by Crippen LogP contribution is -2.38. The van der Waals surface area contributed by atoms with E-state index in [1.165, 1.54) is 50.1 Å². The number of alkyl halides is 3. The van der Waals surface area contributed by atoms with Gasteiger partial charge in [0.1, 0.15) is 6.54 Å². The summed E-state index contributed by atoms with van der Waals surface area (Å²) in [4.78, 5) is 28.5. The van der Waals surface area contributed by atoms with E-state index in [1.54, 1.807) is 24.3 Å². The zero-order valence-electron chi connectivity index (χ0n) is 20.8. The molecule has 1 N–H and O–H groups in total. The number of rotatable bonds is 7. The quantitative estimate of drug-likeness (QED) is 0.395. The first-order valence-corrected chi connectivity index (χ1v) is 12.4. The standard InChI is InChI=1S/C27H25F3N2O5S/c1-35-20-12-16(13-21(36-2)26(20)37-3)23-14-25(34)32(19-6-4-5-7-22(19)38-23)15-24(33)31-18-10-8-17(9-11-18)27(28,29)30/h4-13,23H,14-15H2,1-3H3,(H,31,33)/t23-/m1/s1. The second-order valence-electron chi connectivity index (χ2n) is 8.34. The highest BCUT2D eigenvalue weighted by atomic mass is 32.2. The maximum absolute atomic E-state index is 13.5. The largest absolute Gasteiger partial charge is 0.493 e. The Morgan fingerprint density at radius 3 is 2.21 bits per heavy atom. The fourth-order valence-electron chi connectivity index (χ4n) is 4.11. The van der Waals surface area contributed by atoms with E-state index >= 15 is 0 Å². The van der Waals surface area contributed by atoms with E-state index in [0.29, 0.717) is 22.9 Å². The molecule has 3 aromatic carbocycles. The average Bonchev–Trinajstić information content (AvgIpc) is 3.03. The molecule has 0 saturated carbocycles. The van der Waals surface area contributed by atoms with Crippen molar-refractivity contribution in [3.63, 3.8) is 0 Å². The SMILES string of the molecule is COc1cc([C@H]2CC(=O)N(CC(=O)Nc3ccc(C(F)(F)F)cc3)c3ccccc3S2)cc(OC)c1OC. The van der Waals surface area contributed by atoms with Crippen molar-refractivity contribution in [1.29, 1.82) is 0 Å². The predicted molar refractivity (Wildman–Crippen MR) is 138 cm³/mol. The molecule has 1 heterocycles. The monoisotopic (exact) mass is 546 g/mol. The number of amides is 2. The number of fused-ring (bicyclic) bond motifs is 1. The molecule has 2 amide bonds. The van der Waals surface area contributed by atoms with Crippen molar-refractivity contribution in [2.45, 2.75) is 22.7 Å². The summed E-state index contributed by atoms with van der Waals surface area (Å²) in [6.07, 6.45) is -4.40. The van der Waals surface area contributed by atoms with Gasteiger partial charge in [-0.3, -0.25) is 9.59 Å². The molecule has 0 bridgehead atoms. The molecule has 200 valence electrons. The highest BCUT2D eigenvalue weighted by Gasteiger charge is 2.32. The lowest BCUT2D eigenvalue weighted by Gasteiger charge is -2.22. The molecule has 1 atom stereocenters. The Balaban J connectivity index is 1.58. The summed E-state index contributed by atoms with van der Waals surface area (Å²) in [5.74, 6) is 0.527. The summed E-state index contributed by atoms with van der Waals surface area (Å²) in [5.41, 5.74) is 0.730. The number of hydrogen-bond donors (Lipinski definition) is 1. The fraction of sp³-hybridized carbons (Fsp3) is 0.259. The molecule has 3 aromatic rings. The molecule has 7 nitrogen and oxygen atoms in total. The first-order valence-electron chi connectivity index (χ1n) is 11.5. The highest BCUT2D eigenvalue weighted by molar-refractivity contribution is 7.99. The highest BCUT2D eigenvalue weighted by Crippen LogP contribution is 2.49. The van der Waals surface area contributed by atoms with Crippen LogP contribution in [0, 0.1) is 0 Å². The number of carbonyl (C=O) groups is 2. The number of anilines is 2. The number of nitrogens with zero attached hydrogens (tertiary/aromatic N) is 1. The normalized spacial score (nSPS) is 15.4. The summed E-state index contributed by atoms with van der Waals surface area (Å²) in [6.45, 7) is -0.306. The maximum atomic E-state index is 13.5. The molecule has 0 radical (unpaired) electrons. The summed E-state index contributed by atoms with van der Waals surface area (Å²) in [5, 5.41) is 2.25. The number of carbonyl (C=O) groups excluding carboxylic acids is 2. The smallest absolute Gasteiger partial charge is 0.416 e. The number of thioether (sulfide) groups is 1. The minimum atomic E-state index is -4.48. The predicted octanol–water partition coefficient (Wildman–Crippen LogP) is 5.94. The van der Waals surface area contributed by atoms with Crippen LogP contribution in [0.3, 0.4) is 0 Å². The summed E-state index contributed by atoms with van der Waals surface area (Å²) in [7, 11) is 4.53. The second-order valence-corrected chi connectivity index (χ2v) is 9.58. The minimum Gasteiger partial charge on any atom is -0.493 e. The molecule has 1 aliphatic heterocycles. The molecular weight excluding hydrogens is 521 g/mol. The van der Waals surface area contributed by atoms with Crippen molar-refractivity contribution < 1.29 is 37.0 Å². The van der Waals surface area contributed by atoms with Crippen molar-refractivity contribution in [2.75, 3.05) is 38.1 Å². The first kappa shape index (κ1) is 27.2. The Hall–Kier alpha value is -3.86. The molecule has 0 saturated heterocycles. The number of para-hydroxylation sites is 1. The average molecular weight is 547 g/mol. The number of nitrogens with one attached hydrogen (secondary N) is 1. The van der Waals surface area contributed by atoms with Crippen LogP contribution in [0.1, 0.15) is 22.8 Å². The Kier molecular flexibility index (Phi) is 8.05. The van der Waals surface area contributed by atoms with Gasteiger partial charge in [-0.25, -0.2) is 0 Å². The molecule has 0 unspecified atom stereocenters. The lowest BCUT2D eigenvalue weighted by molar-refractivity contribution is -0.137. The lowest BCUT2D eigenvalue weighted by atomic mass is 10.1. The number of halogens is 3. The van der Waals surface area contributed by atoms with E-state index < -0.39 is 17.6 Å². The Labute approximate surface area is 221 Å². The summed E-state index contributed by atoms with van der Waals surface area (Å²) < 4.78 is 54.9. The van der Waals surface area contributed by atoms with E-state index in [4.69, 9.17) is 14.2 Å². The third-order valence-corrected chi connectivity index (χ3v) is 7.27. The number of benzene rings is 3. The Morgan fingerprint density at radius 2 is 1.63 bits per heavy atom. The van der Waals surface area contributed by atoms with Crippen LogP contribution in [0.5, 0.6) is 17.2 Å². The summed E-state index contributed by atoms with van der Waals surface area (Å²) >= 11 is 1.47. The molecule has 11 heteroatoms. The van der Waals surface area contributed by atoms with Crippen molar-refractivity contribution in [2.24, 2.45) is 0 Å². The van der Waals surface area contributed by atoms with Gasteiger partial charge in [0.15, 0.2) is 11.5 Å². The van der Waals surface area contributed by atoms with Crippen LogP contribution in [0.25, 0.3) is 0 Å². The van der Waals surface area contributed by atoms with E-state index in [-0.39, 0.29) is 29.8 Å². The molecule has 0 aliphatic carbocycles. The van der Waals surface area contributed by atoms with Crippen LogP contribution in [-0.2, 0) is 15.8 Å². The molecule has 1 aliphatic rings. The molecular formula is C27H25F3N2O5S. The van der Waals surface area contributed by atoms with Gasteiger partial charge in [0.05, 0.1) is 32.6 Å².